The maximum atomic E-state index is 12.4. The number of anilines is 1. The number of amides is 1. The number of carbonyl (C=O) groups excluding carboxylic acids is 3. The number of para-hydroxylation sites is 1. The molecule has 2 aromatic rings. The quantitative estimate of drug-likeness (QED) is 0.787. The number of benzene rings is 1. The van der Waals surface area contributed by atoms with Crippen molar-refractivity contribution in [1.29, 1.82) is 0 Å². The number of carbonyl (C=O) groups is 3. The van der Waals surface area contributed by atoms with Gasteiger partial charge in [-0.2, -0.15) is 0 Å². The number of nitrogens with zero attached hydrogens (tertiary/aromatic N) is 1. The third-order valence-corrected chi connectivity index (χ3v) is 4.86. The summed E-state index contributed by atoms with van der Waals surface area (Å²) < 4.78 is 0. The fraction of sp³-hybridized carbons (Fsp3) is 0.278. The molecular weight excluding hydrogens is 310 g/mol. The van der Waals surface area contributed by atoms with Crippen LogP contribution < -0.4 is 4.90 Å². The number of fused-ring (bicyclic) bond motifs is 1. The Morgan fingerprint density at radius 1 is 1.09 bits per heavy atom. The van der Waals surface area contributed by atoms with Crippen LogP contribution in [-0.4, -0.2) is 24.0 Å². The molecule has 0 saturated carbocycles. The highest BCUT2D eigenvalue weighted by Gasteiger charge is 2.26. The van der Waals surface area contributed by atoms with Crippen LogP contribution in [-0.2, 0) is 4.79 Å². The molecule has 1 amide bonds. The Bertz CT molecular complexity index is 736. The fourth-order valence-corrected chi connectivity index (χ4v) is 3.46. The number of hydrogen-bond donors (Lipinski definition) is 0. The van der Waals surface area contributed by atoms with Gasteiger partial charge in [-0.1, -0.05) is 18.2 Å². The van der Waals surface area contributed by atoms with E-state index in [1.54, 1.807) is 23.1 Å². The second kappa shape index (κ2) is 6.87. The molecule has 23 heavy (non-hydrogen) atoms. The number of rotatable bonds is 5. The molecule has 0 spiro atoms. The number of Topliss-reactive ketones (excluding diaryl/α,β-unsaturated/α-hetero) is 2. The lowest BCUT2D eigenvalue weighted by Gasteiger charge is -2.28. The molecule has 0 unspecified atom stereocenters. The Morgan fingerprint density at radius 3 is 2.70 bits per heavy atom. The van der Waals surface area contributed by atoms with Gasteiger partial charge in [0.2, 0.25) is 5.91 Å². The van der Waals surface area contributed by atoms with E-state index in [0.29, 0.717) is 43.5 Å². The third kappa shape index (κ3) is 3.40. The van der Waals surface area contributed by atoms with E-state index in [1.165, 1.54) is 11.3 Å². The van der Waals surface area contributed by atoms with Crippen LogP contribution in [0.25, 0.3) is 0 Å². The van der Waals surface area contributed by atoms with Gasteiger partial charge >= 0.3 is 0 Å². The van der Waals surface area contributed by atoms with Crippen molar-refractivity contribution in [2.45, 2.75) is 25.7 Å². The van der Waals surface area contributed by atoms with Crippen LogP contribution in [0.3, 0.4) is 0 Å². The summed E-state index contributed by atoms with van der Waals surface area (Å²) in [4.78, 5) is 38.7. The Morgan fingerprint density at radius 2 is 1.91 bits per heavy atom. The molecule has 0 N–H and O–H groups in total. The lowest BCUT2D eigenvalue weighted by Crippen LogP contribution is -2.37. The SMILES string of the molecule is O=C(CCCC(=O)N1CCC(=O)c2ccccc21)c1cccs1. The van der Waals surface area contributed by atoms with Crippen LogP contribution in [0.2, 0.25) is 0 Å². The van der Waals surface area contributed by atoms with Crippen LogP contribution in [0.1, 0.15) is 45.7 Å². The molecule has 0 fully saturated rings. The summed E-state index contributed by atoms with van der Waals surface area (Å²) in [6, 6.07) is 10.9. The zero-order chi connectivity index (χ0) is 16.2. The van der Waals surface area contributed by atoms with Gasteiger partial charge < -0.3 is 4.90 Å². The van der Waals surface area contributed by atoms with Crippen molar-refractivity contribution >= 4 is 34.5 Å². The second-order valence-corrected chi connectivity index (χ2v) is 6.44. The molecule has 3 rings (SSSR count). The average Bonchev–Trinajstić information content (AvgIpc) is 3.10. The van der Waals surface area contributed by atoms with Crippen molar-refractivity contribution in [3.8, 4) is 0 Å². The highest BCUT2D eigenvalue weighted by atomic mass is 32.1. The summed E-state index contributed by atoms with van der Waals surface area (Å²) in [5.74, 6) is 0.142. The third-order valence-electron chi connectivity index (χ3n) is 3.95. The van der Waals surface area contributed by atoms with E-state index >= 15 is 0 Å². The minimum atomic E-state index is -0.0241. The zero-order valence-corrected chi connectivity index (χ0v) is 13.5. The normalized spacial score (nSPS) is 13.7. The van der Waals surface area contributed by atoms with E-state index in [9.17, 15) is 14.4 Å². The topological polar surface area (TPSA) is 54.5 Å². The van der Waals surface area contributed by atoms with Gasteiger partial charge in [0, 0.05) is 31.4 Å². The summed E-state index contributed by atoms with van der Waals surface area (Å²) in [7, 11) is 0. The Labute approximate surface area is 138 Å². The Balaban J connectivity index is 1.60. The first-order valence-corrected chi connectivity index (χ1v) is 8.54. The molecule has 5 heteroatoms. The first-order chi connectivity index (χ1) is 11.2. The molecule has 1 aromatic heterocycles. The van der Waals surface area contributed by atoms with E-state index in [-0.39, 0.29) is 17.5 Å². The minimum Gasteiger partial charge on any atom is -0.311 e. The largest absolute Gasteiger partial charge is 0.311 e. The van der Waals surface area contributed by atoms with Crippen molar-refractivity contribution < 1.29 is 14.4 Å². The van der Waals surface area contributed by atoms with E-state index in [1.807, 2.05) is 23.6 Å². The molecule has 1 aliphatic rings. The van der Waals surface area contributed by atoms with Crippen LogP contribution in [0.15, 0.2) is 41.8 Å². The van der Waals surface area contributed by atoms with Gasteiger partial charge in [0.05, 0.1) is 10.6 Å². The maximum absolute atomic E-state index is 12.4. The first kappa shape index (κ1) is 15.6. The number of ketones is 2. The lowest BCUT2D eigenvalue weighted by atomic mass is 10.00. The smallest absolute Gasteiger partial charge is 0.227 e. The molecule has 0 saturated heterocycles. The van der Waals surface area contributed by atoms with Crippen molar-refractivity contribution in [3.05, 3.63) is 52.2 Å². The average molecular weight is 327 g/mol. The molecule has 1 aliphatic heterocycles. The molecule has 2 heterocycles. The van der Waals surface area contributed by atoms with Gasteiger partial charge in [-0.15, -0.1) is 11.3 Å². The van der Waals surface area contributed by atoms with Crippen LogP contribution in [0, 0.1) is 0 Å². The Hall–Kier alpha value is -2.27. The van der Waals surface area contributed by atoms with Crippen LogP contribution in [0.4, 0.5) is 5.69 Å². The standard InChI is InChI=1S/C18H17NO3S/c20-15-10-11-19(14-6-2-1-5-13(14)15)18(22)9-3-7-16(21)17-8-4-12-23-17/h1-2,4-6,8,12H,3,7,9-11H2. The number of hydrogen-bond acceptors (Lipinski definition) is 4. The molecular formula is C18H17NO3S. The van der Waals surface area contributed by atoms with E-state index in [2.05, 4.69) is 0 Å². The van der Waals surface area contributed by atoms with Gasteiger partial charge in [0.1, 0.15) is 0 Å². The van der Waals surface area contributed by atoms with E-state index in [0.717, 1.165) is 4.88 Å². The monoisotopic (exact) mass is 327 g/mol. The molecule has 0 aliphatic carbocycles. The summed E-state index contributed by atoms with van der Waals surface area (Å²) in [6.45, 7) is 0.424. The molecule has 118 valence electrons. The summed E-state index contributed by atoms with van der Waals surface area (Å²) >= 11 is 1.43. The first-order valence-electron chi connectivity index (χ1n) is 7.66. The zero-order valence-electron chi connectivity index (χ0n) is 12.7. The molecule has 0 atom stereocenters. The van der Waals surface area contributed by atoms with Gasteiger partial charge in [0.25, 0.3) is 0 Å². The van der Waals surface area contributed by atoms with E-state index < -0.39 is 0 Å². The van der Waals surface area contributed by atoms with Crippen LogP contribution in [0.5, 0.6) is 0 Å². The molecule has 4 nitrogen and oxygen atoms in total. The molecule has 0 bridgehead atoms. The van der Waals surface area contributed by atoms with Gasteiger partial charge in [-0.3, -0.25) is 14.4 Å². The molecule has 0 radical (unpaired) electrons. The van der Waals surface area contributed by atoms with E-state index in [4.69, 9.17) is 0 Å². The van der Waals surface area contributed by atoms with Gasteiger partial charge in [-0.05, 0) is 30.0 Å². The van der Waals surface area contributed by atoms with Crippen LogP contribution >= 0.6 is 11.3 Å². The lowest BCUT2D eigenvalue weighted by molar-refractivity contribution is -0.118. The highest BCUT2D eigenvalue weighted by Crippen LogP contribution is 2.27. The molecule has 1 aromatic carbocycles. The summed E-state index contributed by atoms with van der Waals surface area (Å²) in [5.41, 5.74) is 1.31. The maximum Gasteiger partial charge on any atom is 0.227 e. The van der Waals surface area contributed by atoms with Crippen molar-refractivity contribution in [2.75, 3.05) is 11.4 Å². The van der Waals surface area contributed by atoms with Crippen molar-refractivity contribution in [2.24, 2.45) is 0 Å². The fourth-order valence-electron chi connectivity index (χ4n) is 2.77. The highest BCUT2D eigenvalue weighted by molar-refractivity contribution is 7.12. The predicted molar refractivity (Wildman–Crippen MR) is 90.2 cm³/mol. The predicted octanol–water partition coefficient (Wildman–Crippen LogP) is 3.72. The van der Waals surface area contributed by atoms with Crippen molar-refractivity contribution in [3.63, 3.8) is 0 Å². The summed E-state index contributed by atoms with van der Waals surface area (Å²) in [6.07, 6.45) is 1.58. The van der Waals surface area contributed by atoms with Gasteiger partial charge in [-0.25, -0.2) is 0 Å². The second-order valence-electron chi connectivity index (χ2n) is 5.49. The number of thiophene rings is 1. The minimum absolute atomic E-state index is 0.0241. The Kier molecular flexibility index (Phi) is 4.67. The van der Waals surface area contributed by atoms with Crippen molar-refractivity contribution in [1.82, 2.24) is 0 Å². The van der Waals surface area contributed by atoms with Gasteiger partial charge in [0.15, 0.2) is 11.6 Å². The summed E-state index contributed by atoms with van der Waals surface area (Å²) in [5, 5.41) is 1.88.